The van der Waals surface area contributed by atoms with Crippen molar-refractivity contribution in [2.24, 2.45) is 0 Å². The Morgan fingerprint density at radius 1 is 1.47 bits per heavy atom. The first kappa shape index (κ1) is 13.8. The molecule has 0 saturated heterocycles. The third-order valence-electron chi connectivity index (χ3n) is 2.45. The van der Waals surface area contributed by atoms with Crippen molar-refractivity contribution in [1.82, 2.24) is 9.88 Å². The van der Waals surface area contributed by atoms with E-state index in [1.54, 1.807) is 11.0 Å². The van der Waals surface area contributed by atoms with E-state index in [1.807, 2.05) is 0 Å². The van der Waals surface area contributed by atoms with Gasteiger partial charge in [-0.05, 0) is 12.5 Å². The number of H-pyrrole nitrogens is 1. The number of unbranched alkanes of at least 4 members (excludes halogenated alkanes) is 1. The van der Waals surface area contributed by atoms with Gasteiger partial charge < -0.3 is 9.88 Å². The standard InChI is InChI=1S/C12H17ClN2O2/c1-2-3-7-15(8-5-13)12(17)10-4-6-14-11(16)9-10/h4,6,9H,2-3,5,7-8H2,1H3,(H,14,16). The van der Waals surface area contributed by atoms with Crippen LogP contribution in [0.3, 0.4) is 0 Å². The second-order valence-electron chi connectivity index (χ2n) is 3.78. The Kier molecular flexibility index (Phi) is 5.77. The normalized spacial score (nSPS) is 10.2. The maximum absolute atomic E-state index is 12.1. The minimum absolute atomic E-state index is 0.134. The minimum Gasteiger partial charge on any atom is -0.337 e. The smallest absolute Gasteiger partial charge is 0.254 e. The monoisotopic (exact) mass is 256 g/mol. The van der Waals surface area contributed by atoms with Crippen molar-refractivity contribution in [2.45, 2.75) is 19.8 Å². The number of nitrogens with one attached hydrogen (secondary N) is 1. The van der Waals surface area contributed by atoms with Crippen molar-refractivity contribution in [2.75, 3.05) is 19.0 Å². The van der Waals surface area contributed by atoms with E-state index in [2.05, 4.69) is 11.9 Å². The first-order valence-electron chi connectivity index (χ1n) is 5.73. The Morgan fingerprint density at radius 2 is 2.24 bits per heavy atom. The second-order valence-corrected chi connectivity index (χ2v) is 4.15. The van der Waals surface area contributed by atoms with Crippen molar-refractivity contribution < 1.29 is 4.79 Å². The largest absolute Gasteiger partial charge is 0.337 e. The summed E-state index contributed by atoms with van der Waals surface area (Å²) in [5, 5.41) is 0. The topological polar surface area (TPSA) is 53.2 Å². The highest BCUT2D eigenvalue weighted by atomic mass is 35.5. The lowest BCUT2D eigenvalue weighted by Crippen LogP contribution is -2.34. The summed E-state index contributed by atoms with van der Waals surface area (Å²) < 4.78 is 0. The van der Waals surface area contributed by atoms with Crippen LogP contribution in [0.1, 0.15) is 30.1 Å². The predicted molar refractivity (Wildman–Crippen MR) is 68.6 cm³/mol. The van der Waals surface area contributed by atoms with Crippen molar-refractivity contribution >= 4 is 17.5 Å². The van der Waals surface area contributed by atoms with E-state index in [0.717, 1.165) is 12.8 Å². The molecule has 1 heterocycles. The number of rotatable bonds is 6. The van der Waals surface area contributed by atoms with Gasteiger partial charge in [-0.1, -0.05) is 13.3 Å². The summed E-state index contributed by atoms with van der Waals surface area (Å²) in [4.78, 5) is 27.4. The van der Waals surface area contributed by atoms with Gasteiger partial charge >= 0.3 is 0 Å². The molecule has 1 amide bonds. The first-order valence-corrected chi connectivity index (χ1v) is 6.26. The number of aromatic nitrogens is 1. The van der Waals surface area contributed by atoms with Gasteiger partial charge in [0, 0.05) is 36.8 Å². The van der Waals surface area contributed by atoms with Crippen LogP contribution in [0.25, 0.3) is 0 Å². The lowest BCUT2D eigenvalue weighted by molar-refractivity contribution is 0.0763. The van der Waals surface area contributed by atoms with Crippen molar-refractivity contribution in [3.8, 4) is 0 Å². The highest BCUT2D eigenvalue weighted by Crippen LogP contribution is 2.04. The molecule has 4 nitrogen and oxygen atoms in total. The summed E-state index contributed by atoms with van der Waals surface area (Å²) in [6, 6.07) is 2.92. The van der Waals surface area contributed by atoms with E-state index in [1.165, 1.54) is 12.3 Å². The maximum atomic E-state index is 12.1. The summed E-state index contributed by atoms with van der Waals surface area (Å²) in [5.74, 6) is 0.267. The number of nitrogens with zero attached hydrogens (tertiary/aromatic N) is 1. The molecule has 0 radical (unpaired) electrons. The molecule has 1 rings (SSSR count). The molecule has 17 heavy (non-hydrogen) atoms. The SMILES string of the molecule is CCCCN(CCCl)C(=O)c1cc[nH]c(=O)c1. The molecule has 94 valence electrons. The van der Waals surface area contributed by atoms with E-state index in [0.29, 0.717) is 24.5 Å². The zero-order chi connectivity index (χ0) is 12.7. The lowest BCUT2D eigenvalue weighted by atomic mass is 10.2. The molecule has 0 aliphatic rings. The molecule has 0 unspecified atom stereocenters. The van der Waals surface area contributed by atoms with E-state index in [-0.39, 0.29) is 11.5 Å². The van der Waals surface area contributed by atoms with Gasteiger partial charge in [-0.25, -0.2) is 0 Å². The lowest BCUT2D eigenvalue weighted by Gasteiger charge is -2.21. The first-order chi connectivity index (χ1) is 8.19. The fraction of sp³-hybridized carbons (Fsp3) is 0.500. The van der Waals surface area contributed by atoms with E-state index < -0.39 is 0 Å². The van der Waals surface area contributed by atoms with Crippen LogP contribution in [0.5, 0.6) is 0 Å². The van der Waals surface area contributed by atoms with Gasteiger partial charge in [-0.15, -0.1) is 11.6 Å². The van der Waals surface area contributed by atoms with Gasteiger partial charge in [0.15, 0.2) is 0 Å². The van der Waals surface area contributed by atoms with Gasteiger partial charge in [-0.3, -0.25) is 9.59 Å². The van der Waals surface area contributed by atoms with Crippen molar-refractivity contribution in [3.05, 3.63) is 34.2 Å². The quantitative estimate of drug-likeness (QED) is 0.790. The molecule has 0 aliphatic heterocycles. The van der Waals surface area contributed by atoms with Crippen LogP contribution in [0.15, 0.2) is 23.1 Å². The van der Waals surface area contributed by atoms with Crippen LogP contribution in [0.4, 0.5) is 0 Å². The molecular formula is C12H17ClN2O2. The van der Waals surface area contributed by atoms with E-state index >= 15 is 0 Å². The van der Waals surface area contributed by atoms with Gasteiger partial charge in [0.05, 0.1) is 0 Å². The Labute approximate surface area is 106 Å². The highest BCUT2D eigenvalue weighted by molar-refractivity contribution is 6.18. The molecule has 5 heteroatoms. The summed E-state index contributed by atoms with van der Waals surface area (Å²) in [7, 11) is 0. The highest BCUT2D eigenvalue weighted by Gasteiger charge is 2.14. The van der Waals surface area contributed by atoms with Crippen LogP contribution in [0.2, 0.25) is 0 Å². The van der Waals surface area contributed by atoms with Gasteiger partial charge in [-0.2, -0.15) is 0 Å². The molecule has 0 spiro atoms. The number of carbonyl (C=O) groups is 1. The zero-order valence-corrected chi connectivity index (χ0v) is 10.7. The zero-order valence-electron chi connectivity index (χ0n) is 9.91. The Balaban J connectivity index is 2.79. The summed E-state index contributed by atoms with van der Waals surface area (Å²) in [5.41, 5.74) is 0.145. The number of alkyl halides is 1. The van der Waals surface area contributed by atoms with E-state index in [4.69, 9.17) is 11.6 Å². The predicted octanol–water partition coefficient (Wildman–Crippen LogP) is 1.86. The molecular weight excluding hydrogens is 240 g/mol. The van der Waals surface area contributed by atoms with Crippen LogP contribution in [-0.4, -0.2) is 34.8 Å². The number of carbonyl (C=O) groups excluding carboxylic acids is 1. The van der Waals surface area contributed by atoms with Gasteiger partial charge in [0.2, 0.25) is 5.56 Å². The summed E-state index contributed by atoms with van der Waals surface area (Å²) in [6.07, 6.45) is 3.43. The molecule has 1 aromatic rings. The molecule has 0 saturated carbocycles. The van der Waals surface area contributed by atoms with Gasteiger partial charge in [0.1, 0.15) is 0 Å². The number of aromatic amines is 1. The van der Waals surface area contributed by atoms with Crippen molar-refractivity contribution in [3.63, 3.8) is 0 Å². The Hall–Kier alpha value is -1.29. The summed E-state index contributed by atoms with van der Waals surface area (Å²) >= 11 is 5.68. The van der Waals surface area contributed by atoms with Crippen LogP contribution in [0, 0.1) is 0 Å². The van der Waals surface area contributed by atoms with Crippen molar-refractivity contribution in [1.29, 1.82) is 0 Å². The fourth-order valence-electron chi connectivity index (χ4n) is 1.53. The fourth-order valence-corrected chi connectivity index (χ4v) is 1.73. The third-order valence-corrected chi connectivity index (χ3v) is 2.61. The molecule has 0 bridgehead atoms. The third kappa shape index (κ3) is 4.23. The van der Waals surface area contributed by atoms with Crippen LogP contribution >= 0.6 is 11.6 Å². The number of hydrogen-bond acceptors (Lipinski definition) is 2. The number of halogens is 1. The van der Waals surface area contributed by atoms with Gasteiger partial charge in [0.25, 0.3) is 5.91 Å². The number of pyridine rings is 1. The Morgan fingerprint density at radius 3 is 2.82 bits per heavy atom. The summed E-state index contributed by atoms with van der Waals surface area (Å²) in [6.45, 7) is 3.25. The molecule has 0 aliphatic carbocycles. The second kappa shape index (κ2) is 7.12. The number of amides is 1. The van der Waals surface area contributed by atoms with E-state index in [9.17, 15) is 9.59 Å². The molecule has 1 aromatic heterocycles. The average Bonchev–Trinajstić information content (AvgIpc) is 2.33. The average molecular weight is 257 g/mol. The number of hydrogen-bond donors (Lipinski definition) is 1. The van der Waals surface area contributed by atoms with Crippen LogP contribution < -0.4 is 5.56 Å². The molecule has 0 fully saturated rings. The molecule has 0 atom stereocenters. The molecule has 1 N–H and O–H groups in total. The maximum Gasteiger partial charge on any atom is 0.254 e. The Bertz CT molecular complexity index is 417. The molecule has 0 aromatic carbocycles. The minimum atomic E-state index is -0.267. The van der Waals surface area contributed by atoms with Crippen LogP contribution in [-0.2, 0) is 0 Å².